The largest absolute Gasteiger partial charge is 0.330 e. The molecule has 0 aliphatic carbocycles. The van der Waals surface area contributed by atoms with Gasteiger partial charge in [0.05, 0.1) is 4.92 Å². The predicted molar refractivity (Wildman–Crippen MR) is 58.7 cm³/mol. The van der Waals surface area contributed by atoms with Crippen molar-refractivity contribution in [2.24, 2.45) is 11.5 Å². The van der Waals surface area contributed by atoms with Crippen LogP contribution in [-0.2, 0) is 0 Å². The summed E-state index contributed by atoms with van der Waals surface area (Å²) < 4.78 is 0. The molecule has 0 spiro atoms. The van der Waals surface area contributed by atoms with Crippen LogP contribution in [0.25, 0.3) is 0 Å². The Morgan fingerprint density at radius 3 is 2.73 bits per heavy atom. The van der Waals surface area contributed by atoms with Crippen LogP contribution in [0.3, 0.4) is 0 Å². The third kappa shape index (κ3) is 2.89. The minimum Gasteiger partial charge on any atom is -0.330 e. The van der Waals surface area contributed by atoms with Crippen LogP contribution in [0.1, 0.15) is 18.0 Å². The van der Waals surface area contributed by atoms with Crippen molar-refractivity contribution in [1.29, 1.82) is 0 Å². The van der Waals surface area contributed by atoms with Gasteiger partial charge in [0.25, 0.3) is 5.69 Å². The minimum atomic E-state index is -0.470. The highest BCUT2D eigenvalue weighted by molar-refractivity contribution is 6.30. The van der Waals surface area contributed by atoms with E-state index in [2.05, 4.69) is 0 Å². The van der Waals surface area contributed by atoms with E-state index in [0.29, 0.717) is 23.6 Å². The van der Waals surface area contributed by atoms with Crippen molar-refractivity contribution >= 4 is 17.3 Å². The number of rotatable bonds is 4. The predicted octanol–water partition coefficient (Wildman–Crippen LogP) is 1.60. The Morgan fingerprint density at radius 1 is 1.53 bits per heavy atom. The van der Waals surface area contributed by atoms with Crippen molar-refractivity contribution in [2.45, 2.75) is 12.5 Å². The number of nitrogens with zero attached hydrogens (tertiary/aromatic N) is 1. The molecule has 0 heterocycles. The Labute approximate surface area is 92.2 Å². The van der Waals surface area contributed by atoms with Gasteiger partial charge in [-0.2, -0.15) is 0 Å². The minimum absolute atomic E-state index is 0.0136. The third-order valence-corrected chi connectivity index (χ3v) is 2.30. The maximum Gasteiger partial charge on any atom is 0.274 e. The molecule has 1 aromatic carbocycles. The van der Waals surface area contributed by atoms with E-state index in [9.17, 15) is 10.1 Å². The summed E-state index contributed by atoms with van der Waals surface area (Å²) in [5.41, 5.74) is 11.5. The maximum absolute atomic E-state index is 10.7. The van der Waals surface area contributed by atoms with E-state index in [0.717, 1.165) is 0 Å². The molecule has 0 saturated heterocycles. The molecule has 0 amide bonds. The topological polar surface area (TPSA) is 95.2 Å². The summed E-state index contributed by atoms with van der Waals surface area (Å²) in [5, 5.41) is 11.2. The first kappa shape index (κ1) is 11.9. The van der Waals surface area contributed by atoms with Crippen LogP contribution in [0.2, 0.25) is 5.02 Å². The van der Waals surface area contributed by atoms with Crippen LogP contribution in [0.15, 0.2) is 18.2 Å². The Kier molecular flexibility index (Phi) is 4.02. The van der Waals surface area contributed by atoms with E-state index in [1.807, 2.05) is 0 Å². The molecule has 1 atom stereocenters. The number of halogens is 1. The number of hydrogen-bond acceptors (Lipinski definition) is 4. The number of nitro groups is 1. The maximum atomic E-state index is 10.7. The third-order valence-electron chi connectivity index (χ3n) is 2.06. The van der Waals surface area contributed by atoms with Gasteiger partial charge < -0.3 is 11.5 Å². The highest BCUT2D eigenvalue weighted by Crippen LogP contribution is 2.28. The summed E-state index contributed by atoms with van der Waals surface area (Å²) in [6.45, 7) is 0.380. The Bertz CT molecular complexity index is 370. The van der Waals surface area contributed by atoms with E-state index in [1.54, 1.807) is 0 Å². The van der Waals surface area contributed by atoms with Gasteiger partial charge in [0.2, 0.25) is 0 Å². The van der Waals surface area contributed by atoms with Gasteiger partial charge >= 0.3 is 0 Å². The van der Waals surface area contributed by atoms with Gasteiger partial charge in [-0.05, 0) is 25.1 Å². The molecule has 0 aromatic heterocycles. The highest BCUT2D eigenvalue weighted by Gasteiger charge is 2.18. The van der Waals surface area contributed by atoms with Gasteiger partial charge in [-0.3, -0.25) is 10.1 Å². The van der Waals surface area contributed by atoms with Crippen molar-refractivity contribution in [3.8, 4) is 0 Å². The first-order chi connectivity index (χ1) is 7.06. The molecule has 5 nitrogen and oxygen atoms in total. The average Bonchev–Trinajstić information content (AvgIpc) is 2.17. The zero-order valence-electron chi connectivity index (χ0n) is 8.02. The van der Waals surface area contributed by atoms with Crippen LogP contribution in [-0.4, -0.2) is 11.5 Å². The second-order valence-electron chi connectivity index (χ2n) is 3.14. The lowest BCUT2D eigenvalue weighted by atomic mass is 10.0. The normalized spacial score (nSPS) is 12.5. The molecule has 0 bridgehead atoms. The molecule has 0 unspecified atom stereocenters. The second kappa shape index (κ2) is 5.06. The molecule has 1 aromatic rings. The monoisotopic (exact) mass is 229 g/mol. The van der Waals surface area contributed by atoms with Gasteiger partial charge in [-0.1, -0.05) is 11.6 Å². The van der Waals surface area contributed by atoms with Crippen molar-refractivity contribution in [3.05, 3.63) is 38.9 Å². The molecular formula is C9H12ClN3O2. The Hall–Kier alpha value is -1.17. The van der Waals surface area contributed by atoms with Gasteiger partial charge in [-0.15, -0.1) is 0 Å². The molecule has 0 saturated carbocycles. The molecule has 0 fully saturated rings. The van der Waals surface area contributed by atoms with E-state index in [4.69, 9.17) is 23.1 Å². The number of nitrogens with two attached hydrogens (primary N) is 2. The zero-order valence-corrected chi connectivity index (χ0v) is 8.78. The lowest BCUT2D eigenvalue weighted by molar-refractivity contribution is -0.385. The van der Waals surface area contributed by atoms with Gasteiger partial charge in [0.15, 0.2) is 0 Å². The zero-order chi connectivity index (χ0) is 11.4. The van der Waals surface area contributed by atoms with Crippen molar-refractivity contribution in [3.63, 3.8) is 0 Å². The summed E-state index contributed by atoms with van der Waals surface area (Å²) in [6, 6.07) is 3.89. The van der Waals surface area contributed by atoms with Gasteiger partial charge in [0, 0.05) is 22.7 Å². The molecule has 0 radical (unpaired) electrons. The van der Waals surface area contributed by atoms with Crippen LogP contribution >= 0.6 is 11.6 Å². The van der Waals surface area contributed by atoms with Crippen LogP contribution in [0.5, 0.6) is 0 Å². The van der Waals surface area contributed by atoms with Gasteiger partial charge in [0.1, 0.15) is 0 Å². The molecule has 1 rings (SSSR count). The molecule has 0 aliphatic heterocycles. The number of nitro benzene ring substituents is 1. The Balaban J connectivity index is 3.12. The second-order valence-corrected chi connectivity index (χ2v) is 3.58. The fraction of sp³-hybridized carbons (Fsp3) is 0.333. The van der Waals surface area contributed by atoms with Crippen molar-refractivity contribution in [2.75, 3.05) is 6.54 Å². The van der Waals surface area contributed by atoms with Crippen LogP contribution in [0.4, 0.5) is 5.69 Å². The quantitative estimate of drug-likeness (QED) is 0.606. The summed E-state index contributed by atoms with van der Waals surface area (Å²) in [7, 11) is 0. The smallest absolute Gasteiger partial charge is 0.274 e. The molecule has 4 N–H and O–H groups in total. The fourth-order valence-corrected chi connectivity index (χ4v) is 1.50. The van der Waals surface area contributed by atoms with E-state index in [-0.39, 0.29) is 5.69 Å². The fourth-order valence-electron chi connectivity index (χ4n) is 1.32. The summed E-state index contributed by atoms with van der Waals surface area (Å²) in [4.78, 5) is 10.2. The number of benzene rings is 1. The van der Waals surface area contributed by atoms with Gasteiger partial charge in [-0.25, -0.2) is 0 Å². The number of hydrogen-bond donors (Lipinski definition) is 2. The molecular weight excluding hydrogens is 218 g/mol. The SMILES string of the molecule is NCC[C@H](N)c1cc(Cl)ccc1[N+](=O)[O-]. The van der Waals surface area contributed by atoms with Crippen molar-refractivity contribution in [1.82, 2.24) is 0 Å². The van der Waals surface area contributed by atoms with Crippen molar-refractivity contribution < 1.29 is 4.92 Å². The molecule has 15 heavy (non-hydrogen) atoms. The summed E-state index contributed by atoms with van der Waals surface area (Å²) in [5.74, 6) is 0. The first-order valence-corrected chi connectivity index (χ1v) is 4.83. The van der Waals surface area contributed by atoms with E-state index in [1.165, 1.54) is 18.2 Å². The average molecular weight is 230 g/mol. The first-order valence-electron chi connectivity index (χ1n) is 4.45. The van der Waals surface area contributed by atoms with Crippen LogP contribution in [0, 0.1) is 10.1 Å². The lowest BCUT2D eigenvalue weighted by Crippen LogP contribution is -2.16. The Morgan fingerprint density at radius 2 is 2.20 bits per heavy atom. The van der Waals surface area contributed by atoms with E-state index < -0.39 is 11.0 Å². The lowest BCUT2D eigenvalue weighted by Gasteiger charge is -2.11. The van der Waals surface area contributed by atoms with E-state index >= 15 is 0 Å². The highest BCUT2D eigenvalue weighted by atomic mass is 35.5. The molecule has 0 aliphatic rings. The summed E-state index contributed by atoms with van der Waals surface area (Å²) >= 11 is 5.76. The van der Waals surface area contributed by atoms with Crippen LogP contribution < -0.4 is 11.5 Å². The summed E-state index contributed by atoms with van der Waals surface area (Å²) in [6.07, 6.45) is 0.487. The molecule has 6 heteroatoms. The molecule has 82 valence electrons. The standard InChI is InChI=1S/C9H12ClN3O2/c10-6-1-2-9(13(14)15)7(5-6)8(12)3-4-11/h1-2,5,8H,3-4,11-12H2/t8-/m0/s1.